The van der Waals surface area contributed by atoms with Gasteiger partial charge in [-0.05, 0) is 58.0 Å². The van der Waals surface area contributed by atoms with Gasteiger partial charge in [0.2, 0.25) is 10.0 Å². The number of methoxy groups -OCH3 is 1. The monoisotopic (exact) mass is 434 g/mol. The molecule has 2 aromatic rings. The van der Waals surface area contributed by atoms with Crippen molar-refractivity contribution in [1.82, 2.24) is 4.72 Å². The third-order valence-electron chi connectivity index (χ3n) is 3.82. The van der Waals surface area contributed by atoms with E-state index in [-0.39, 0.29) is 28.7 Å². The van der Waals surface area contributed by atoms with Crippen LogP contribution >= 0.6 is 0 Å². The number of hydrogen-bond acceptors (Lipinski definition) is 6. The molecular weight excluding hydrogens is 408 g/mol. The topological polar surface area (TPSA) is 111 Å². The third kappa shape index (κ3) is 6.30. The summed E-state index contributed by atoms with van der Waals surface area (Å²) in [5, 5.41) is 2.56. The first kappa shape index (κ1) is 23.4. The highest BCUT2D eigenvalue weighted by molar-refractivity contribution is 7.89. The molecule has 0 fully saturated rings. The number of carbonyl (C=O) groups is 2. The number of carbonyl (C=O) groups excluding carboxylic acids is 2. The summed E-state index contributed by atoms with van der Waals surface area (Å²) in [5.41, 5.74) is -0.0855. The van der Waals surface area contributed by atoms with Gasteiger partial charge in [0.15, 0.2) is 23.9 Å². The average Bonchev–Trinajstić information content (AvgIpc) is 2.64. The quantitative estimate of drug-likeness (QED) is 0.618. The number of hydrogen-bond donors (Lipinski definition) is 2. The van der Waals surface area contributed by atoms with Crippen LogP contribution in [0.1, 0.15) is 38.1 Å². The molecule has 0 bridgehead atoms. The Hall–Kier alpha value is -2.91. The van der Waals surface area contributed by atoms with Crippen molar-refractivity contribution in [3.05, 3.63) is 48.0 Å². The summed E-state index contributed by atoms with van der Waals surface area (Å²) >= 11 is 0. The van der Waals surface area contributed by atoms with E-state index in [2.05, 4.69) is 10.0 Å². The molecule has 0 heterocycles. The number of benzene rings is 2. The van der Waals surface area contributed by atoms with Gasteiger partial charge in [-0.25, -0.2) is 13.1 Å². The second-order valence-electron chi connectivity index (χ2n) is 7.61. The van der Waals surface area contributed by atoms with Gasteiger partial charge in [0.05, 0.1) is 12.8 Å². The second-order valence-corrected chi connectivity index (χ2v) is 9.26. The summed E-state index contributed by atoms with van der Waals surface area (Å²) in [6.45, 7) is 6.23. The minimum absolute atomic E-state index is 0.0448. The van der Waals surface area contributed by atoms with E-state index in [4.69, 9.17) is 9.47 Å². The highest BCUT2D eigenvalue weighted by Gasteiger charge is 2.25. The molecule has 0 saturated carbocycles. The summed E-state index contributed by atoms with van der Waals surface area (Å²) in [5.74, 6) is -0.0776. The molecule has 8 nitrogen and oxygen atoms in total. The normalized spacial score (nSPS) is 11.6. The minimum Gasteiger partial charge on any atom is -0.493 e. The van der Waals surface area contributed by atoms with Gasteiger partial charge in [-0.1, -0.05) is 12.1 Å². The lowest BCUT2D eigenvalue weighted by molar-refractivity contribution is -0.118. The van der Waals surface area contributed by atoms with E-state index >= 15 is 0 Å². The lowest BCUT2D eigenvalue weighted by Gasteiger charge is -2.21. The van der Waals surface area contributed by atoms with Crippen molar-refractivity contribution in [2.75, 3.05) is 19.0 Å². The van der Waals surface area contributed by atoms with Gasteiger partial charge in [0.25, 0.3) is 5.91 Å². The van der Waals surface area contributed by atoms with E-state index in [1.165, 1.54) is 38.3 Å². The first-order valence-electron chi connectivity index (χ1n) is 9.17. The van der Waals surface area contributed by atoms with Crippen molar-refractivity contribution in [1.29, 1.82) is 0 Å². The van der Waals surface area contributed by atoms with Crippen LogP contribution < -0.4 is 19.5 Å². The summed E-state index contributed by atoms with van der Waals surface area (Å²) in [6, 6.07) is 10.7. The summed E-state index contributed by atoms with van der Waals surface area (Å²) in [7, 11) is -2.42. The van der Waals surface area contributed by atoms with Crippen molar-refractivity contribution in [2.24, 2.45) is 0 Å². The fraction of sp³-hybridized carbons (Fsp3) is 0.333. The van der Waals surface area contributed by atoms with Crippen LogP contribution in [-0.2, 0) is 14.8 Å². The van der Waals surface area contributed by atoms with Crippen LogP contribution in [0.4, 0.5) is 5.69 Å². The molecular formula is C21H26N2O6S. The maximum atomic E-state index is 12.7. The minimum atomic E-state index is -3.84. The molecule has 0 saturated heterocycles. The molecule has 2 N–H and O–H groups in total. The van der Waals surface area contributed by atoms with Crippen molar-refractivity contribution in [3.63, 3.8) is 0 Å². The zero-order valence-corrected chi connectivity index (χ0v) is 18.4. The Balaban J connectivity index is 2.14. The van der Waals surface area contributed by atoms with Crippen LogP contribution in [0.5, 0.6) is 11.5 Å². The molecule has 0 aliphatic carbocycles. The van der Waals surface area contributed by atoms with Crippen LogP contribution in [0, 0.1) is 0 Å². The summed E-state index contributed by atoms with van der Waals surface area (Å²) in [6.07, 6.45) is 0. The Morgan fingerprint density at radius 2 is 1.70 bits per heavy atom. The zero-order valence-electron chi connectivity index (χ0n) is 17.6. The summed E-state index contributed by atoms with van der Waals surface area (Å²) < 4.78 is 38.6. The molecule has 9 heteroatoms. The molecule has 1 amide bonds. The Morgan fingerprint density at radius 3 is 2.30 bits per heavy atom. The van der Waals surface area contributed by atoms with Crippen molar-refractivity contribution in [3.8, 4) is 11.5 Å². The molecule has 0 aliphatic heterocycles. The van der Waals surface area contributed by atoms with Gasteiger partial charge >= 0.3 is 0 Å². The number of nitrogens with one attached hydrogen (secondary N) is 2. The molecule has 0 aromatic heterocycles. The lowest BCUT2D eigenvalue weighted by atomic mass is 10.1. The number of ketones is 1. The zero-order chi connectivity index (χ0) is 22.5. The highest BCUT2D eigenvalue weighted by Crippen LogP contribution is 2.28. The van der Waals surface area contributed by atoms with Gasteiger partial charge in [-0.3, -0.25) is 9.59 Å². The number of ether oxygens (including phenoxy) is 2. The molecule has 0 unspecified atom stereocenters. The predicted molar refractivity (Wildman–Crippen MR) is 114 cm³/mol. The fourth-order valence-electron chi connectivity index (χ4n) is 2.60. The number of rotatable bonds is 8. The molecule has 162 valence electrons. The van der Waals surface area contributed by atoms with Crippen molar-refractivity contribution >= 4 is 27.4 Å². The lowest BCUT2D eigenvalue weighted by Crippen LogP contribution is -2.40. The second kappa shape index (κ2) is 9.27. The van der Waals surface area contributed by atoms with Gasteiger partial charge in [-0.2, -0.15) is 0 Å². The Bertz CT molecular complexity index is 1040. The van der Waals surface area contributed by atoms with Crippen molar-refractivity contribution in [2.45, 2.75) is 38.1 Å². The summed E-state index contributed by atoms with van der Waals surface area (Å²) in [4.78, 5) is 23.8. The number of sulfonamides is 1. The Morgan fingerprint density at radius 1 is 1.03 bits per heavy atom. The number of Topliss-reactive ketones (excluding diaryl/α,β-unsaturated/α-hetero) is 1. The van der Waals surface area contributed by atoms with E-state index in [0.29, 0.717) is 11.3 Å². The average molecular weight is 435 g/mol. The molecule has 0 aliphatic rings. The smallest absolute Gasteiger partial charge is 0.262 e. The van der Waals surface area contributed by atoms with Gasteiger partial charge in [0.1, 0.15) is 4.90 Å². The molecule has 2 aromatic carbocycles. The molecule has 30 heavy (non-hydrogen) atoms. The predicted octanol–water partition coefficient (Wildman–Crippen LogP) is 2.99. The maximum absolute atomic E-state index is 12.7. The van der Waals surface area contributed by atoms with E-state index in [9.17, 15) is 18.0 Å². The Kier molecular flexibility index (Phi) is 7.22. The number of amides is 1. The standard InChI is InChI=1S/C21H26N2O6S/c1-14(24)15-10-11-17(18(12-15)28-5)29-13-20(25)22-16-8-6-7-9-19(16)30(26,27)23-21(2,3)4/h6-12,23H,13H2,1-5H3,(H,22,25). The SMILES string of the molecule is COc1cc(C(C)=O)ccc1OCC(=O)Nc1ccccc1S(=O)(=O)NC(C)(C)C. The van der Waals surface area contributed by atoms with Gasteiger partial charge in [0, 0.05) is 11.1 Å². The largest absolute Gasteiger partial charge is 0.493 e. The van der Waals surface area contributed by atoms with Gasteiger partial charge in [-0.15, -0.1) is 0 Å². The molecule has 2 rings (SSSR count). The molecule has 0 atom stereocenters. The number of anilines is 1. The van der Waals surface area contributed by atoms with Crippen LogP contribution in [0.15, 0.2) is 47.4 Å². The van der Waals surface area contributed by atoms with Crippen LogP contribution in [0.2, 0.25) is 0 Å². The van der Waals surface area contributed by atoms with Crippen LogP contribution in [0.25, 0.3) is 0 Å². The van der Waals surface area contributed by atoms with Gasteiger partial charge < -0.3 is 14.8 Å². The van der Waals surface area contributed by atoms with E-state index in [0.717, 1.165) is 0 Å². The first-order chi connectivity index (χ1) is 13.9. The number of para-hydroxylation sites is 1. The molecule has 0 spiro atoms. The van der Waals surface area contributed by atoms with Crippen LogP contribution in [0.3, 0.4) is 0 Å². The highest BCUT2D eigenvalue weighted by atomic mass is 32.2. The van der Waals surface area contributed by atoms with Crippen LogP contribution in [-0.4, -0.2) is 39.4 Å². The maximum Gasteiger partial charge on any atom is 0.262 e. The van der Waals surface area contributed by atoms with Crippen molar-refractivity contribution < 1.29 is 27.5 Å². The first-order valence-corrected chi connectivity index (χ1v) is 10.7. The Labute approximate surface area is 176 Å². The fourth-order valence-corrected chi connectivity index (χ4v) is 4.18. The van der Waals surface area contributed by atoms with E-state index in [1.54, 1.807) is 39.0 Å². The third-order valence-corrected chi connectivity index (χ3v) is 5.64. The molecule has 0 radical (unpaired) electrons. The van der Waals surface area contributed by atoms with E-state index < -0.39 is 21.5 Å². The van der Waals surface area contributed by atoms with E-state index in [1.807, 2.05) is 0 Å².